The van der Waals surface area contributed by atoms with E-state index < -0.39 is 0 Å². The number of aryl methyl sites for hydroxylation is 1. The number of hydrogen-bond donors (Lipinski definition) is 0. The van der Waals surface area contributed by atoms with Gasteiger partial charge in [0.15, 0.2) is 0 Å². The standard InChI is InChI=1S/C16H13ClN/c1-12-6-8-13(9-7-12)11-18-15-5-3-2-4-14(15)10-16(18)17/h2-9H,11H2,1H3. The molecule has 2 aromatic carbocycles. The van der Waals surface area contributed by atoms with Crippen molar-refractivity contribution in [2.45, 2.75) is 13.5 Å². The van der Waals surface area contributed by atoms with E-state index in [4.69, 9.17) is 11.6 Å². The van der Waals surface area contributed by atoms with E-state index in [1.165, 1.54) is 11.1 Å². The van der Waals surface area contributed by atoms with Crippen LogP contribution in [0.15, 0.2) is 48.5 Å². The normalized spacial score (nSPS) is 11.0. The molecule has 0 N–H and O–H groups in total. The number of fused-ring (bicyclic) bond motifs is 1. The molecule has 0 spiro atoms. The molecule has 0 atom stereocenters. The van der Waals surface area contributed by atoms with Crippen LogP contribution >= 0.6 is 11.6 Å². The first-order valence-corrected chi connectivity index (χ1v) is 6.33. The van der Waals surface area contributed by atoms with Crippen molar-refractivity contribution in [3.05, 3.63) is 70.9 Å². The van der Waals surface area contributed by atoms with Crippen LogP contribution in [0.5, 0.6) is 0 Å². The van der Waals surface area contributed by atoms with Crippen molar-refractivity contribution >= 4 is 22.5 Å². The van der Waals surface area contributed by atoms with Crippen LogP contribution in [-0.4, -0.2) is 4.57 Å². The Morgan fingerprint density at radius 3 is 2.56 bits per heavy atom. The Labute approximate surface area is 112 Å². The van der Waals surface area contributed by atoms with Crippen LogP contribution in [0.1, 0.15) is 11.1 Å². The maximum atomic E-state index is 6.26. The predicted molar refractivity (Wildman–Crippen MR) is 76.1 cm³/mol. The summed E-state index contributed by atoms with van der Waals surface area (Å²) in [5, 5.41) is 1.73. The molecule has 3 aromatic rings. The zero-order valence-electron chi connectivity index (χ0n) is 10.2. The lowest BCUT2D eigenvalue weighted by molar-refractivity contribution is 0.837. The largest absolute Gasteiger partial charge is 0.327 e. The monoisotopic (exact) mass is 254 g/mol. The van der Waals surface area contributed by atoms with E-state index in [1.54, 1.807) is 0 Å². The van der Waals surface area contributed by atoms with E-state index >= 15 is 0 Å². The van der Waals surface area contributed by atoms with Gasteiger partial charge in [0.05, 0.1) is 5.52 Å². The van der Waals surface area contributed by atoms with E-state index in [0.717, 1.165) is 17.4 Å². The van der Waals surface area contributed by atoms with Gasteiger partial charge in [-0.2, -0.15) is 0 Å². The highest BCUT2D eigenvalue weighted by molar-refractivity contribution is 6.30. The Hall–Kier alpha value is -1.73. The maximum absolute atomic E-state index is 6.26. The number of nitrogens with zero attached hydrogens (tertiary/aromatic N) is 1. The third kappa shape index (κ3) is 2.02. The molecule has 0 amide bonds. The van der Waals surface area contributed by atoms with Crippen molar-refractivity contribution in [2.75, 3.05) is 0 Å². The van der Waals surface area contributed by atoms with Gasteiger partial charge >= 0.3 is 0 Å². The molecule has 0 aliphatic carbocycles. The topological polar surface area (TPSA) is 4.93 Å². The highest BCUT2D eigenvalue weighted by Crippen LogP contribution is 2.23. The average Bonchev–Trinajstić information content (AvgIpc) is 2.69. The van der Waals surface area contributed by atoms with Gasteiger partial charge in [0.1, 0.15) is 5.15 Å². The number of benzene rings is 2. The minimum atomic E-state index is 0.664. The SMILES string of the molecule is Cc1ccc(Cn2c(Cl)[c]c3ccccc32)cc1. The lowest BCUT2D eigenvalue weighted by atomic mass is 10.1. The average molecular weight is 255 g/mol. The van der Waals surface area contributed by atoms with Crippen LogP contribution in [0.25, 0.3) is 10.9 Å². The number of rotatable bonds is 2. The summed E-state index contributed by atoms with van der Waals surface area (Å²) >= 11 is 6.26. The predicted octanol–water partition coefficient (Wildman–Crippen LogP) is 4.45. The molecule has 1 nitrogen and oxygen atoms in total. The highest BCUT2D eigenvalue weighted by Gasteiger charge is 2.07. The summed E-state index contributed by atoms with van der Waals surface area (Å²) in [6, 6.07) is 19.9. The summed E-state index contributed by atoms with van der Waals surface area (Å²) in [4.78, 5) is 0. The zero-order chi connectivity index (χ0) is 12.5. The molecule has 0 saturated carbocycles. The summed E-state index contributed by atoms with van der Waals surface area (Å²) in [7, 11) is 0. The van der Waals surface area contributed by atoms with Gasteiger partial charge in [-0.05, 0) is 18.6 Å². The van der Waals surface area contributed by atoms with Gasteiger partial charge in [-0.3, -0.25) is 0 Å². The van der Waals surface area contributed by atoms with E-state index in [0.29, 0.717) is 5.15 Å². The number of hydrogen-bond acceptors (Lipinski definition) is 0. The first kappa shape index (κ1) is 11.4. The maximum Gasteiger partial charge on any atom is 0.118 e. The van der Waals surface area contributed by atoms with Crippen molar-refractivity contribution in [3.8, 4) is 0 Å². The first-order valence-electron chi connectivity index (χ1n) is 5.95. The molecule has 3 rings (SSSR count). The third-order valence-electron chi connectivity index (χ3n) is 3.13. The minimum Gasteiger partial charge on any atom is -0.327 e. The second kappa shape index (κ2) is 4.51. The van der Waals surface area contributed by atoms with Gasteiger partial charge in [0, 0.05) is 18.0 Å². The van der Waals surface area contributed by atoms with Gasteiger partial charge in [0.25, 0.3) is 0 Å². The van der Waals surface area contributed by atoms with Crippen LogP contribution in [0.4, 0.5) is 0 Å². The number of para-hydroxylation sites is 1. The quantitative estimate of drug-likeness (QED) is 0.637. The highest BCUT2D eigenvalue weighted by atomic mass is 35.5. The van der Waals surface area contributed by atoms with Gasteiger partial charge in [-0.1, -0.05) is 59.6 Å². The molecule has 0 aliphatic rings. The fourth-order valence-corrected chi connectivity index (χ4v) is 2.38. The number of halogens is 1. The van der Waals surface area contributed by atoms with E-state index in [-0.39, 0.29) is 0 Å². The van der Waals surface area contributed by atoms with E-state index in [2.05, 4.69) is 47.9 Å². The Kier molecular flexibility index (Phi) is 2.85. The fraction of sp³-hybridized carbons (Fsp3) is 0.125. The molecule has 89 valence electrons. The molecule has 0 saturated heterocycles. The summed E-state index contributed by atoms with van der Waals surface area (Å²) < 4.78 is 2.08. The van der Waals surface area contributed by atoms with Crippen LogP contribution < -0.4 is 0 Å². The Bertz CT molecular complexity index is 680. The molecule has 2 heteroatoms. The van der Waals surface area contributed by atoms with Crippen LogP contribution in [0, 0.1) is 13.0 Å². The third-order valence-corrected chi connectivity index (χ3v) is 3.43. The molecule has 0 fully saturated rings. The zero-order valence-corrected chi connectivity index (χ0v) is 10.9. The molecule has 1 radical (unpaired) electrons. The van der Waals surface area contributed by atoms with Crippen LogP contribution in [0.3, 0.4) is 0 Å². The van der Waals surface area contributed by atoms with Crippen LogP contribution in [-0.2, 0) is 6.54 Å². The molecule has 18 heavy (non-hydrogen) atoms. The molecular formula is C16H13ClN. The van der Waals surface area contributed by atoms with Crippen molar-refractivity contribution in [3.63, 3.8) is 0 Å². The first-order chi connectivity index (χ1) is 8.74. The van der Waals surface area contributed by atoms with E-state index in [9.17, 15) is 0 Å². The van der Waals surface area contributed by atoms with Gasteiger partial charge in [0.2, 0.25) is 0 Å². The lowest BCUT2D eigenvalue weighted by Gasteiger charge is -2.07. The number of aromatic nitrogens is 1. The van der Waals surface area contributed by atoms with Gasteiger partial charge < -0.3 is 4.57 Å². The second-order valence-corrected chi connectivity index (χ2v) is 4.86. The molecule has 1 aromatic heterocycles. The minimum absolute atomic E-state index is 0.664. The van der Waals surface area contributed by atoms with Crippen molar-refractivity contribution in [2.24, 2.45) is 0 Å². The van der Waals surface area contributed by atoms with Gasteiger partial charge in [-0.15, -0.1) is 0 Å². The van der Waals surface area contributed by atoms with Crippen molar-refractivity contribution < 1.29 is 0 Å². The second-order valence-electron chi connectivity index (χ2n) is 4.50. The summed E-state index contributed by atoms with van der Waals surface area (Å²) in [5.41, 5.74) is 3.65. The molecule has 1 heterocycles. The van der Waals surface area contributed by atoms with Crippen molar-refractivity contribution in [1.82, 2.24) is 4.57 Å². The van der Waals surface area contributed by atoms with E-state index in [1.807, 2.05) is 18.2 Å². The van der Waals surface area contributed by atoms with Crippen LogP contribution in [0.2, 0.25) is 5.15 Å². The Morgan fingerprint density at radius 1 is 1.06 bits per heavy atom. The Balaban J connectivity index is 2.04. The summed E-state index contributed by atoms with van der Waals surface area (Å²) in [6.45, 7) is 2.87. The summed E-state index contributed by atoms with van der Waals surface area (Å²) in [5.74, 6) is 0. The summed E-state index contributed by atoms with van der Waals surface area (Å²) in [6.07, 6.45) is 0. The van der Waals surface area contributed by atoms with Gasteiger partial charge in [-0.25, -0.2) is 0 Å². The van der Waals surface area contributed by atoms with Crippen molar-refractivity contribution in [1.29, 1.82) is 0 Å². The molecule has 0 aliphatic heterocycles. The Morgan fingerprint density at radius 2 is 1.78 bits per heavy atom. The smallest absolute Gasteiger partial charge is 0.118 e. The fourth-order valence-electron chi connectivity index (χ4n) is 2.13. The molecular weight excluding hydrogens is 242 g/mol. The molecule has 0 bridgehead atoms. The molecule has 0 unspecified atom stereocenters. The lowest BCUT2D eigenvalue weighted by Crippen LogP contribution is -1.99.